The Morgan fingerprint density at radius 2 is 2.10 bits per heavy atom. The molecule has 0 radical (unpaired) electrons. The van der Waals surface area contributed by atoms with E-state index in [1.807, 2.05) is 24.4 Å². The first-order valence-electron chi connectivity index (χ1n) is 7.60. The van der Waals surface area contributed by atoms with Crippen LogP contribution in [0.4, 0.5) is 5.69 Å². The Labute approximate surface area is 124 Å². The number of benzene rings is 2. The molecule has 2 N–H and O–H groups in total. The summed E-state index contributed by atoms with van der Waals surface area (Å²) in [6.07, 6.45) is 5.65. The first-order valence-corrected chi connectivity index (χ1v) is 7.60. The molecule has 21 heavy (non-hydrogen) atoms. The molecule has 1 aliphatic rings. The molecular weight excluding hydrogens is 258 g/mol. The van der Waals surface area contributed by atoms with Crippen molar-refractivity contribution in [3.8, 4) is 0 Å². The maximum atomic E-state index is 5.92. The van der Waals surface area contributed by atoms with Gasteiger partial charge in [-0.05, 0) is 48.6 Å². The number of aromatic nitrogens is 2. The minimum atomic E-state index is 0.555. The Balaban J connectivity index is 1.71. The number of nitrogen functional groups attached to an aromatic ring is 1. The lowest BCUT2D eigenvalue weighted by Gasteiger charge is -2.25. The monoisotopic (exact) mass is 277 g/mol. The molecule has 3 heteroatoms. The second kappa shape index (κ2) is 4.92. The van der Waals surface area contributed by atoms with Gasteiger partial charge in [-0.2, -0.15) is 5.10 Å². The van der Waals surface area contributed by atoms with Gasteiger partial charge in [0, 0.05) is 23.5 Å². The number of nitrogens with zero attached hydrogens (tertiary/aromatic N) is 2. The fourth-order valence-electron chi connectivity index (χ4n) is 3.49. The van der Waals surface area contributed by atoms with Gasteiger partial charge in [-0.1, -0.05) is 24.3 Å². The summed E-state index contributed by atoms with van der Waals surface area (Å²) in [6.45, 7) is 0.934. The molecule has 106 valence electrons. The van der Waals surface area contributed by atoms with Crippen LogP contribution in [-0.4, -0.2) is 9.78 Å². The van der Waals surface area contributed by atoms with Crippen LogP contribution < -0.4 is 5.73 Å². The van der Waals surface area contributed by atoms with Crippen LogP contribution in [0.2, 0.25) is 0 Å². The minimum absolute atomic E-state index is 0.555. The predicted molar refractivity (Wildman–Crippen MR) is 86.3 cm³/mol. The number of aryl methyl sites for hydroxylation is 1. The van der Waals surface area contributed by atoms with E-state index in [9.17, 15) is 0 Å². The number of nitrogens with two attached hydrogens (primary N) is 1. The number of anilines is 1. The molecular formula is C18H19N3. The molecule has 1 aliphatic carbocycles. The molecule has 4 rings (SSSR count). The maximum Gasteiger partial charge on any atom is 0.0703 e. The Hall–Kier alpha value is -2.29. The topological polar surface area (TPSA) is 43.8 Å². The highest BCUT2D eigenvalue weighted by Gasteiger charge is 2.21. The molecule has 0 fully saturated rings. The molecule has 3 aromatic rings. The summed E-state index contributed by atoms with van der Waals surface area (Å²) >= 11 is 0. The second-order valence-electron chi connectivity index (χ2n) is 5.93. The van der Waals surface area contributed by atoms with Crippen LogP contribution in [0.1, 0.15) is 29.9 Å². The highest BCUT2D eigenvalue weighted by Crippen LogP contribution is 2.33. The summed E-state index contributed by atoms with van der Waals surface area (Å²) in [4.78, 5) is 0. The van der Waals surface area contributed by atoms with Crippen molar-refractivity contribution in [2.24, 2.45) is 0 Å². The molecule has 0 bridgehead atoms. The molecule has 1 atom stereocenters. The normalized spacial score (nSPS) is 17.8. The van der Waals surface area contributed by atoms with Gasteiger partial charge in [-0.3, -0.25) is 4.68 Å². The Kier molecular flexibility index (Phi) is 2.92. The van der Waals surface area contributed by atoms with Crippen LogP contribution in [0, 0.1) is 0 Å². The fraction of sp³-hybridized carbons (Fsp3) is 0.278. The van der Waals surface area contributed by atoms with Crippen LogP contribution >= 0.6 is 0 Å². The molecule has 0 saturated carbocycles. The van der Waals surface area contributed by atoms with Crippen molar-refractivity contribution in [1.82, 2.24) is 9.78 Å². The van der Waals surface area contributed by atoms with Gasteiger partial charge in [0.05, 0.1) is 11.7 Å². The molecule has 1 unspecified atom stereocenters. The van der Waals surface area contributed by atoms with Gasteiger partial charge in [0.1, 0.15) is 0 Å². The van der Waals surface area contributed by atoms with E-state index in [4.69, 9.17) is 5.73 Å². The van der Waals surface area contributed by atoms with Crippen LogP contribution in [0.25, 0.3) is 10.9 Å². The van der Waals surface area contributed by atoms with Crippen LogP contribution in [-0.2, 0) is 13.0 Å². The Bertz CT molecular complexity index is 788. The van der Waals surface area contributed by atoms with Crippen molar-refractivity contribution >= 4 is 16.6 Å². The molecule has 1 aromatic heterocycles. The predicted octanol–water partition coefficient (Wildman–Crippen LogP) is 3.74. The van der Waals surface area contributed by atoms with Crippen molar-refractivity contribution in [1.29, 1.82) is 0 Å². The summed E-state index contributed by atoms with van der Waals surface area (Å²) in [6, 6.07) is 14.8. The standard InChI is InChI=1S/C18H19N3/c19-16-9-8-14-11-20-21(18(14)10-16)12-15-6-3-5-13-4-1-2-7-17(13)15/h1-2,4,7-11,15H,3,5-6,12,19H2. The maximum absolute atomic E-state index is 5.92. The van der Waals surface area contributed by atoms with E-state index >= 15 is 0 Å². The Morgan fingerprint density at radius 1 is 1.19 bits per heavy atom. The molecule has 1 heterocycles. The first kappa shape index (κ1) is 12.5. The zero-order valence-electron chi connectivity index (χ0n) is 12.0. The van der Waals surface area contributed by atoms with Crippen molar-refractivity contribution < 1.29 is 0 Å². The van der Waals surface area contributed by atoms with E-state index < -0.39 is 0 Å². The van der Waals surface area contributed by atoms with Gasteiger partial charge >= 0.3 is 0 Å². The van der Waals surface area contributed by atoms with E-state index in [1.54, 1.807) is 0 Å². The third-order valence-corrected chi connectivity index (χ3v) is 4.56. The van der Waals surface area contributed by atoms with Gasteiger partial charge < -0.3 is 5.73 Å². The summed E-state index contributed by atoms with van der Waals surface area (Å²) in [7, 11) is 0. The largest absolute Gasteiger partial charge is 0.399 e. The van der Waals surface area contributed by atoms with Gasteiger partial charge in [-0.25, -0.2) is 0 Å². The number of rotatable bonds is 2. The second-order valence-corrected chi connectivity index (χ2v) is 5.93. The lowest BCUT2D eigenvalue weighted by atomic mass is 9.83. The van der Waals surface area contributed by atoms with Crippen LogP contribution in [0.15, 0.2) is 48.7 Å². The SMILES string of the molecule is Nc1ccc2cnn(CC3CCCc4ccccc43)c2c1. The molecule has 0 aliphatic heterocycles. The molecule has 3 nitrogen and oxygen atoms in total. The summed E-state index contributed by atoms with van der Waals surface area (Å²) < 4.78 is 2.11. The summed E-state index contributed by atoms with van der Waals surface area (Å²) in [5, 5.41) is 5.73. The number of hydrogen-bond donors (Lipinski definition) is 1. The molecule has 0 saturated heterocycles. The van der Waals surface area contributed by atoms with Crippen LogP contribution in [0.5, 0.6) is 0 Å². The lowest BCUT2D eigenvalue weighted by molar-refractivity contribution is 0.465. The van der Waals surface area contributed by atoms with Crippen molar-refractivity contribution in [3.05, 3.63) is 59.8 Å². The first-order chi connectivity index (χ1) is 10.3. The van der Waals surface area contributed by atoms with Gasteiger partial charge in [0.15, 0.2) is 0 Å². The highest BCUT2D eigenvalue weighted by atomic mass is 15.3. The van der Waals surface area contributed by atoms with Gasteiger partial charge in [0.2, 0.25) is 0 Å². The van der Waals surface area contributed by atoms with Crippen molar-refractivity contribution in [2.75, 3.05) is 5.73 Å². The smallest absolute Gasteiger partial charge is 0.0703 e. The van der Waals surface area contributed by atoms with Crippen molar-refractivity contribution in [3.63, 3.8) is 0 Å². The van der Waals surface area contributed by atoms with E-state index in [0.717, 1.165) is 23.1 Å². The lowest BCUT2D eigenvalue weighted by Crippen LogP contribution is -2.16. The summed E-state index contributed by atoms with van der Waals surface area (Å²) in [5.74, 6) is 0.555. The zero-order valence-corrected chi connectivity index (χ0v) is 12.0. The molecule has 2 aromatic carbocycles. The summed E-state index contributed by atoms with van der Waals surface area (Å²) in [5.41, 5.74) is 10.9. The van der Waals surface area contributed by atoms with E-state index in [-0.39, 0.29) is 0 Å². The van der Waals surface area contributed by atoms with Crippen LogP contribution in [0.3, 0.4) is 0 Å². The zero-order chi connectivity index (χ0) is 14.2. The fourth-order valence-corrected chi connectivity index (χ4v) is 3.49. The highest BCUT2D eigenvalue weighted by molar-refractivity contribution is 5.81. The van der Waals surface area contributed by atoms with Gasteiger partial charge in [0.25, 0.3) is 0 Å². The minimum Gasteiger partial charge on any atom is -0.399 e. The van der Waals surface area contributed by atoms with E-state index in [2.05, 4.69) is 34.0 Å². The van der Waals surface area contributed by atoms with Crippen molar-refractivity contribution in [2.45, 2.75) is 31.7 Å². The third kappa shape index (κ3) is 2.19. The van der Waals surface area contributed by atoms with E-state index in [0.29, 0.717) is 5.92 Å². The van der Waals surface area contributed by atoms with Gasteiger partial charge in [-0.15, -0.1) is 0 Å². The molecule has 0 spiro atoms. The third-order valence-electron chi connectivity index (χ3n) is 4.56. The quantitative estimate of drug-likeness (QED) is 0.725. The Morgan fingerprint density at radius 3 is 3.05 bits per heavy atom. The number of fused-ring (bicyclic) bond motifs is 2. The van der Waals surface area contributed by atoms with E-state index in [1.165, 1.54) is 30.4 Å². The average Bonchev–Trinajstić information content (AvgIpc) is 2.90. The average molecular weight is 277 g/mol. The number of hydrogen-bond acceptors (Lipinski definition) is 2. The molecule has 0 amide bonds.